The van der Waals surface area contributed by atoms with Gasteiger partial charge in [-0.2, -0.15) is 0 Å². The third-order valence-electron chi connectivity index (χ3n) is 3.93. The number of rotatable bonds is 5. The zero-order chi connectivity index (χ0) is 15.2. The second-order valence-corrected chi connectivity index (χ2v) is 5.52. The van der Waals surface area contributed by atoms with Gasteiger partial charge >= 0.3 is 5.97 Å². The van der Waals surface area contributed by atoms with Crippen LogP contribution in [0.25, 0.3) is 0 Å². The van der Waals surface area contributed by atoms with Crippen LogP contribution in [0.15, 0.2) is 30.3 Å². The molecule has 0 spiro atoms. The highest BCUT2D eigenvalue weighted by molar-refractivity contribution is 5.78. The molecule has 0 unspecified atom stereocenters. The minimum absolute atomic E-state index is 0.0306. The highest BCUT2D eigenvalue weighted by Gasteiger charge is 2.25. The number of aliphatic carboxylic acids is 1. The Hall–Kier alpha value is -1.88. The second kappa shape index (κ2) is 7.22. The van der Waals surface area contributed by atoms with Gasteiger partial charge in [-0.3, -0.25) is 9.59 Å². The molecule has 1 saturated heterocycles. The van der Waals surface area contributed by atoms with Gasteiger partial charge in [0, 0.05) is 25.4 Å². The number of benzene rings is 1. The number of carbonyl (C=O) groups is 2. The molecule has 1 aromatic rings. The molecule has 5 nitrogen and oxygen atoms in total. The van der Waals surface area contributed by atoms with E-state index in [1.54, 1.807) is 4.90 Å². The van der Waals surface area contributed by atoms with Gasteiger partial charge in [-0.1, -0.05) is 30.3 Å². The van der Waals surface area contributed by atoms with Crippen molar-refractivity contribution in [2.75, 3.05) is 13.1 Å². The van der Waals surface area contributed by atoms with Gasteiger partial charge in [-0.15, -0.1) is 0 Å². The van der Waals surface area contributed by atoms with E-state index in [0.29, 0.717) is 25.9 Å². The summed E-state index contributed by atoms with van der Waals surface area (Å²) < 4.78 is 0. The Kier molecular flexibility index (Phi) is 5.33. The van der Waals surface area contributed by atoms with E-state index in [1.807, 2.05) is 30.3 Å². The molecule has 5 heteroatoms. The average molecular weight is 291 g/mol. The van der Waals surface area contributed by atoms with E-state index in [2.05, 4.69) is 0 Å². The number of carbonyl (C=O) groups excluding carboxylic acids is 1. The maximum Gasteiger partial charge on any atom is 0.303 e. The minimum atomic E-state index is -0.897. The van der Waals surface area contributed by atoms with E-state index in [0.717, 1.165) is 5.56 Å². The Balaban J connectivity index is 2.01. The van der Waals surface area contributed by atoms with Crippen LogP contribution >= 0.6 is 0 Å². The number of carboxylic acids is 1. The molecule has 1 atom stereocenters. The molecule has 21 heavy (non-hydrogen) atoms. The van der Waals surface area contributed by atoms with E-state index in [4.69, 9.17) is 5.11 Å². The molecule has 0 aliphatic carbocycles. The van der Waals surface area contributed by atoms with Gasteiger partial charge in [0.2, 0.25) is 5.91 Å². The van der Waals surface area contributed by atoms with Crippen LogP contribution in [0.2, 0.25) is 0 Å². The van der Waals surface area contributed by atoms with Crippen molar-refractivity contribution in [3.05, 3.63) is 35.9 Å². The number of nitrogens with zero attached hydrogens (tertiary/aromatic N) is 1. The van der Waals surface area contributed by atoms with Crippen molar-refractivity contribution in [3.8, 4) is 0 Å². The number of aliphatic hydroxyl groups excluding tert-OH is 1. The van der Waals surface area contributed by atoms with Crippen molar-refractivity contribution in [3.63, 3.8) is 0 Å². The van der Waals surface area contributed by atoms with Crippen molar-refractivity contribution < 1.29 is 19.8 Å². The predicted molar refractivity (Wildman–Crippen MR) is 77.9 cm³/mol. The van der Waals surface area contributed by atoms with Gasteiger partial charge in [0.15, 0.2) is 0 Å². The maximum absolute atomic E-state index is 12.3. The SMILES string of the molecule is O=C(O)C[C@@H](CC(=O)N1CCC(O)CC1)c1ccccc1. The summed E-state index contributed by atoms with van der Waals surface area (Å²) in [6.45, 7) is 1.10. The molecule has 0 saturated carbocycles. The zero-order valence-corrected chi connectivity index (χ0v) is 11.9. The summed E-state index contributed by atoms with van der Waals surface area (Å²) in [7, 11) is 0. The van der Waals surface area contributed by atoms with Crippen LogP contribution in [-0.4, -0.2) is 46.2 Å². The van der Waals surface area contributed by atoms with E-state index in [1.165, 1.54) is 0 Å². The quantitative estimate of drug-likeness (QED) is 0.864. The summed E-state index contributed by atoms with van der Waals surface area (Å²) in [5.41, 5.74) is 0.880. The number of piperidine rings is 1. The van der Waals surface area contributed by atoms with Crippen molar-refractivity contribution in [2.45, 2.75) is 37.7 Å². The molecule has 0 aromatic heterocycles. The monoisotopic (exact) mass is 291 g/mol. The lowest BCUT2D eigenvalue weighted by Gasteiger charge is -2.30. The fraction of sp³-hybridized carbons (Fsp3) is 0.500. The number of amides is 1. The first kappa shape index (κ1) is 15.5. The Labute approximate surface area is 124 Å². The first-order valence-corrected chi connectivity index (χ1v) is 7.29. The molecule has 1 aliphatic heterocycles. The summed E-state index contributed by atoms with van der Waals surface area (Å²) in [6, 6.07) is 9.30. The number of likely N-dealkylation sites (tertiary alicyclic amines) is 1. The molecular formula is C16H21NO4. The zero-order valence-electron chi connectivity index (χ0n) is 11.9. The van der Waals surface area contributed by atoms with Crippen LogP contribution in [0.1, 0.15) is 37.2 Å². The summed E-state index contributed by atoms with van der Waals surface area (Å²) in [5.74, 6) is -1.23. The van der Waals surface area contributed by atoms with E-state index < -0.39 is 5.97 Å². The fourth-order valence-corrected chi connectivity index (χ4v) is 2.70. The number of carboxylic acid groups (broad SMARTS) is 1. The lowest BCUT2D eigenvalue weighted by Crippen LogP contribution is -2.40. The van der Waals surface area contributed by atoms with Gasteiger partial charge in [0.25, 0.3) is 0 Å². The lowest BCUT2D eigenvalue weighted by atomic mass is 9.91. The van der Waals surface area contributed by atoms with Crippen LogP contribution < -0.4 is 0 Å². The third-order valence-corrected chi connectivity index (χ3v) is 3.93. The van der Waals surface area contributed by atoms with Crippen molar-refractivity contribution in [1.82, 2.24) is 4.90 Å². The van der Waals surface area contributed by atoms with Crippen LogP contribution in [-0.2, 0) is 9.59 Å². The summed E-state index contributed by atoms with van der Waals surface area (Å²) in [4.78, 5) is 25.1. The molecule has 1 heterocycles. The molecule has 0 radical (unpaired) electrons. The first-order valence-electron chi connectivity index (χ1n) is 7.29. The van der Waals surface area contributed by atoms with E-state index >= 15 is 0 Å². The van der Waals surface area contributed by atoms with Gasteiger partial charge in [0.1, 0.15) is 0 Å². The smallest absolute Gasteiger partial charge is 0.303 e. The number of aliphatic hydroxyl groups is 1. The third kappa shape index (κ3) is 4.56. The van der Waals surface area contributed by atoms with Crippen LogP contribution in [0.4, 0.5) is 0 Å². The molecule has 1 aliphatic rings. The van der Waals surface area contributed by atoms with E-state index in [9.17, 15) is 14.7 Å². The highest BCUT2D eigenvalue weighted by atomic mass is 16.4. The van der Waals surface area contributed by atoms with Crippen molar-refractivity contribution >= 4 is 11.9 Å². The standard InChI is InChI=1S/C16H21NO4/c18-14-6-8-17(9-7-14)15(19)10-13(11-16(20)21)12-4-2-1-3-5-12/h1-5,13-14,18H,6-11H2,(H,20,21)/t13-/m1/s1. The average Bonchev–Trinajstić information content (AvgIpc) is 2.47. The highest BCUT2D eigenvalue weighted by Crippen LogP contribution is 2.25. The van der Waals surface area contributed by atoms with Crippen LogP contribution in [0, 0.1) is 0 Å². The molecule has 1 aromatic carbocycles. The largest absolute Gasteiger partial charge is 0.481 e. The Morgan fingerprint density at radius 3 is 2.33 bits per heavy atom. The molecule has 2 rings (SSSR count). The van der Waals surface area contributed by atoms with Crippen LogP contribution in [0.3, 0.4) is 0 Å². The molecule has 114 valence electrons. The molecule has 2 N–H and O–H groups in total. The summed E-state index contributed by atoms with van der Waals surface area (Å²) in [5, 5.41) is 18.5. The lowest BCUT2D eigenvalue weighted by molar-refractivity contribution is -0.138. The first-order chi connectivity index (χ1) is 10.1. The van der Waals surface area contributed by atoms with Gasteiger partial charge in [0.05, 0.1) is 12.5 Å². The minimum Gasteiger partial charge on any atom is -0.481 e. The summed E-state index contributed by atoms with van der Waals surface area (Å²) in [6.07, 6.45) is 1.03. The molecular weight excluding hydrogens is 270 g/mol. The molecule has 0 bridgehead atoms. The summed E-state index contributed by atoms with van der Waals surface area (Å²) >= 11 is 0. The molecule has 1 fully saturated rings. The van der Waals surface area contributed by atoms with E-state index in [-0.39, 0.29) is 30.8 Å². The topological polar surface area (TPSA) is 77.8 Å². The normalized spacial score (nSPS) is 17.5. The number of hydrogen-bond acceptors (Lipinski definition) is 3. The predicted octanol–water partition coefficient (Wildman–Crippen LogP) is 1.62. The maximum atomic E-state index is 12.3. The number of hydrogen-bond donors (Lipinski definition) is 2. The Morgan fingerprint density at radius 2 is 1.76 bits per heavy atom. The van der Waals surface area contributed by atoms with Gasteiger partial charge in [-0.25, -0.2) is 0 Å². The Morgan fingerprint density at radius 1 is 1.14 bits per heavy atom. The second-order valence-electron chi connectivity index (χ2n) is 5.52. The van der Waals surface area contributed by atoms with Crippen molar-refractivity contribution in [1.29, 1.82) is 0 Å². The van der Waals surface area contributed by atoms with Gasteiger partial charge in [-0.05, 0) is 18.4 Å². The van der Waals surface area contributed by atoms with Crippen LogP contribution in [0.5, 0.6) is 0 Å². The Bertz CT molecular complexity index is 480. The fourth-order valence-electron chi connectivity index (χ4n) is 2.70. The van der Waals surface area contributed by atoms with Gasteiger partial charge < -0.3 is 15.1 Å². The van der Waals surface area contributed by atoms with Crippen molar-refractivity contribution in [2.24, 2.45) is 0 Å². The molecule has 1 amide bonds.